The Morgan fingerprint density at radius 3 is 1.86 bits per heavy atom. The third-order valence-electron chi connectivity index (χ3n) is 9.04. The zero-order chi connectivity index (χ0) is 37.3. The van der Waals surface area contributed by atoms with Gasteiger partial charge < -0.3 is 14.8 Å². The maximum Gasteiger partial charge on any atom is 0.475 e. The topological polar surface area (TPSA) is 92.3 Å². The van der Waals surface area contributed by atoms with Crippen molar-refractivity contribution in [3.05, 3.63) is 41.5 Å². The first-order chi connectivity index (χ1) is 22.8. The molecule has 0 aliphatic heterocycles. The Labute approximate surface area is 296 Å². The lowest BCUT2D eigenvalue weighted by Crippen LogP contribution is -2.48. The fourth-order valence-corrected chi connectivity index (χ4v) is 8.90. The zero-order valence-electron chi connectivity index (χ0n) is 31.4. The van der Waals surface area contributed by atoms with Crippen molar-refractivity contribution >= 4 is 24.7 Å². The summed E-state index contributed by atoms with van der Waals surface area (Å²) in [5.41, 5.74) is -4.56. The van der Waals surface area contributed by atoms with Crippen LogP contribution in [0.4, 0.5) is 18.0 Å². The zero-order valence-corrected chi connectivity index (χ0v) is 32.3. The molecule has 0 saturated heterocycles. The van der Waals surface area contributed by atoms with Gasteiger partial charge in [-0.2, -0.15) is 13.2 Å². The monoisotopic (exact) mass is 727 g/mol. The van der Waals surface area contributed by atoms with E-state index in [-0.39, 0.29) is 22.6 Å². The molecule has 282 valence electrons. The van der Waals surface area contributed by atoms with Crippen LogP contribution in [-0.4, -0.2) is 35.6 Å². The molecule has 0 heterocycles. The number of carbonyl (C=O) groups excluding carboxylic acids is 1. The van der Waals surface area contributed by atoms with E-state index < -0.39 is 54.6 Å². The molecule has 2 fully saturated rings. The lowest BCUT2D eigenvalue weighted by atomic mass is 9.78. The molecular weight excluding hydrogens is 670 g/mol. The van der Waals surface area contributed by atoms with E-state index in [0.717, 1.165) is 31.6 Å². The Hall–Kier alpha value is -2.33. The van der Waals surface area contributed by atoms with Crippen molar-refractivity contribution in [2.75, 3.05) is 6.61 Å². The van der Waals surface area contributed by atoms with Crippen LogP contribution in [0.1, 0.15) is 132 Å². The van der Waals surface area contributed by atoms with Crippen molar-refractivity contribution in [3.63, 3.8) is 0 Å². The molecular formula is C38H57F3NO7P. The molecule has 0 radical (unpaired) electrons. The fraction of sp³-hybridized carbons (Fsp3) is 0.711. The van der Waals surface area contributed by atoms with E-state index in [0.29, 0.717) is 11.5 Å². The summed E-state index contributed by atoms with van der Waals surface area (Å²) in [4.78, 5) is 13.1. The number of amides is 1. The second-order valence-electron chi connectivity index (χ2n) is 17.2. The van der Waals surface area contributed by atoms with Crippen LogP contribution in [0.5, 0.6) is 5.75 Å². The fourth-order valence-electron chi connectivity index (χ4n) is 7.00. The minimum atomic E-state index is -4.68. The molecule has 0 spiro atoms. The van der Waals surface area contributed by atoms with Crippen LogP contribution in [-0.2, 0) is 34.6 Å². The molecule has 2 aliphatic rings. The number of rotatable bonds is 10. The Morgan fingerprint density at radius 2 is 1.34 bits per heavy atom. The average Bonchev–Trinajstić information content (AvgIpc) is 3.48. The maximum absolute atomic E-state index is 14.8. The highest BCUT2D eigenvalue weighted by Crippen LogP contribution is 2.56. The largest absolute Gasteiger partial charge is 0.490 e. The van der Waals surface area contributed by atoms with Crippen molar-refractivity contribution in [1.82, 2.24) is 5.32 Å². The number of carbonyl (C=O) groups is 1. The number of halogens is 3. The molecule has 2 aromatic carbocycles. The minimum Gasteiger partial charge on any atom is -0.490 e. The quantitative estimate of drug-likeness (QED) is 0.244. The lowest BCUT2D eigenvalue weighted by molar-refractivity contribution is -0.138. The van der Waals surface area contributed by atoms with Crippen LogP contribution in [0.2, 0.25) is 0 Å². The first-order valence-electron chi connectivity index (χ1n) is 17.8. The number of alkyl carbamates (subject to hydrolysis) is 1. The van der Waals surface area contributed by atoms with Gasteiger partial charge in [-0.25, -0.2) is 9.36 Å². The highest BCUT2D eigenvalue weighted by molar-refractivity contribution is 7.48. The maximum atomic E-state index is 14.8. The number of nitrogens with one attached hydrogen (secondary N) is 1. The SMILES string of the molecule is CC(C)(C)OC(=O)N[C@@](C)(COP(=O)(OC(C)(C)C)OC(C)(C)C)c1ccc2c(C(F)(F)F)c(OC3CCC(C4CCCC4)CC3)ccc2c1. The third kappa shape index (κ3) is 11.3. The van der Waals surface area contributed by atoms with Crippen molar-refractivity contribution in [1.29, 1.82) is 0 Å². The van der Waals surface area contributed by atoms with Gasteiger partial charge in [0.2, 0.25) is 0 Å². The second-order valence-corrected chi connectivity index (χ2v) is 18.7. The molecule has 8 nitrogen and oxygen atoms in total. The van der Waals surface area contributed by atoms with Gasteiger partial charge in [0.1, 0.15) is 16.9 Å². The van der Waals surface area contributed by atoms with Crippen molar-refractivity contribution in [2.24, 2.45) is 11.8 Å². The summed E-state index contributed by atoms with van der Waals surface area (Å²) in [6.45, 7) is 16.5. The summed E-state index contributed by atoms with van der Waals surface area (Å²) in [6, 6.07) is 7.41. The number of phosphoric ester groups is 1. The van der Waals surface area contributed by atoms with E-state index in [1.807, 2.05) is 0 Å². The summed E-state index contributed by atoms with van der Waals surface area (Å²) < 4.78 is 87.3. The molecule has 4 rings (SSSR count). The molecule has 0 unspecified atom stereocenters. The number of ether oxygens (including phenoxy) is 2. The van der Waals surface area contributed by atoms with Gasteiger partial charge in [-0.05, 0) is 135 Å². The van der Waals surface area contributed by atoms with Gasteiger partial charge in [0.05, 0.1) is 29.5 Å². The van der Waals surface area contributed by atoms with Gasteiger partial charge in [-0.3, -0.25) is 13.6 Å². The third-order valence-corrected chi connectivity index (χ3v) is 11.0. The van der Waals surface area contributed by atoms with Crippen molar-refractivity contribution < 1.29 is 45.6 Å². The van der Waals surface area contributed by atoms with Crippen LogP contribution in [0.3, 0.4) is 0 Å². The summed E-state index contributed by atoms with van der Waals surface area (Å²) in [5, 5.41) is 3.05. The first kappa shape index (κ1) is 40.4. The molecule has 1 N–H and O–H groups in total. The predicted octanol–water partition coefficient (Wildman–Crippen LogP) is 11.5. The van der Waals surface area contributed by atoms with Gasteiger partial charge in [0.25, 0.3) is 0 Å². The van der Waals surface area contributed by atoms with Crippen LogP contribution in [0.15, 0.2) is 30.3 Å². The van der Waals surface area contributed by atoms with Gasteiger partial charge in [0, 0.05) is 0 Å². The van der Waals surface area contributed by atoms with E-state index in [1.54, 1.807) is 81.4 Å². The Kier molecular flexibility index (Phi) is 12.1. The Bertz CT molecular complexity index is 1510. The number of benzene rings is 2. The molecule has 1 atom stereocenters. The van der Waals surface area contributed by atoms with Crippen LogP contribution in [0, 0.1) is 11.8 Å². The lowest BCUT2D eigenvalue weighted by Gasteiger charge is -2.36. The normalized spacial score (nSPS) is 21.2. The van der Waals surface area contributed by atoms with Crippen LogP contribution < -0.4 is 10.1 Å². The van der Waals surface area contributed by atoms with Gasteiger partial charge in [0.15, 0.2) is 0 Å². The second kappa shape index (κ2) is 15.0. The highest BCUT2D eigenvalue weighted by Gasteiger charge is 2.42. The number of hydrogen-bond acceptors (Lipinski definition) is 7. The molecule has 2 aliphatic carbocycles. The standard InChI is InChI=1S/C38H57F3NO7P/c1-34(2,3)47-33(43)42-37(10,24-45-50(44,48-35(4,5)6)49-36(7,8)9)28-18-21-30-27(23-28)17-22-31(32(30)38(39,40)41)46-29-19-15-26(16-20-29)25-13-11-12-14-25/h17-18,21-23,25-26,29H,11-16,19-20,24H2,1-10H3,(H,42,43)/t26?,29?,37-/m0/s1. The molecule has 0 bridgehead atoms. The molecule has 12 heteroatoms. The molecule has 1 amide bonds. The van der Waals surface area contributed by atoms with E-state index in [9.17, 15) is 22.5 Å². The highest BCUT2D eigenvalue weighted by atomic mass is 31.2. The summed E-state index contributed by atoms with van der Waals surface area (Å²) >= 11 is 0. The minimum absolute atomic E-state index is 0.0308. The summed E-state index contributed by atoms with van der Waals surface area (Å²) in [7, 11) is -4.23. The van der Waals surface area contributed by atoms with E-state index in [1.165, 1.54) is 43.9 Å². The van der Waals surface area contributed by atoms with E-state index in [4.69, 9.17) is 23.0 Å². The molecule has 0 aromatic heterocycles. The Balaban J connectivity index is 1.67. The number of fused-ring (bicyclic) bond motifs is 1. The predicted molar refractivity (Wildman–Crippen MR) is 189 cm³/mol. The summed E-state index contributed by atoms with van der Waals surface area (Å²) in [5.74, 6) is 1.19. The van der Waals surface area contributed by atoms with Gasteiger partial charge in [-0.15, -0.1) is 0 Å². The molecule has 2 aromatic rings. The van der Waals surface area contributed by atoms with Gasteiger partial charge >= 0.3 is 20.1 Å². The average molecular weight is 728 g/mol. The molecule has 2 saturated carbocycles. The van der Waals surface area contributed by atoms with Crippen LogP contribution >= 0.6 is 7.82 Å². The number of phosphoric acid groups is 1. The van der Waals surface area contributed by atoms with Gasteiger partial charge in [-0.1, -0.05) is 43.9 Å². The Morgan fingerprint density at radius 1 is 0.780 bits per heavy atom. The van der Waals surface area contributed by atoms with E-state index >= 15 is 0 Å². The summed E-state index contributed by atoms with van der Waals surface area (Å²) in [6.07, 6.45) is 2.76. The molecule has 50 heavy (non-hydrogen) atoms. The first-order valence-corrected chi connectivity index (χ1v) is 19.3. The number of hydrogen-bond donors (Lipinski definition) is 1. The van der Waals surface area contributed by atoms with Crippen molar-refractivity contribution in [3.8, 4) is 5.75 Å². The van der Waals surface area contributed by atoms with Crippen molar-refractivity contribution in [2.45, 2.75) is 155 Å². The number of alkyl halides is 3. The van der Waals surface area contributed by atoms with E-state index in [2.05, 4.69) is 5.32 Å². The smallest absolute Gasteiger partial charge is 0.475 e. The van der Waals surface area contributed by atoms with Crippen LogP contribution in [0.25, 0.3) is 10.8 Å².